The number of aliphatic hydroxyl groups excluding tert-OH is 1. The minimum absolute atomic E-state index is 0.135. The average Bonchev–Trinajstić information content (AvgIpc) is 2.72. The predicted molar refractivity (Wildman–Crippen MR) is 64.4 cm³/mol. The summed E-state index contributed by atoms with van der Waals surface area (Å²) in [5.74, 6) is 4.28. The minimum atomic E-state index is -0.569. The molecule has 3 N–H and O–H groups in total. The van der Waals surface area contributed by atoms with E-state index in [0.29, 0.717) is 10.4 Å². The lowest BCUT2D eigenvalue weighted by atomic mass is 10.2. The zero-order valence-corrected chi connectivity index (χ0v) is 10.1. The smallest absolute Gasteiger partial charge is 0.265 e. The molecule has 5 nitrogen and oxygen atoms in total. The zero-order valence-electron chi connectivity index (χ0n) is 9.27. The van der Waals surface area contributed by atoms with E-state index in [4.69, 9.17) is 10.8 Å². The number of nitrogens with two attached hydrogens (primary N) is 1. The number of carbonyl (C=O) groups excluding carboxylic acids is 2. The summed E-state index contributed by atoms with van der Waals surface area (Å²) < 4.78 is 0. The van der Waals surface area contributed by atoms with Crippen molar-refractivity contribution in [3.63, 3.8) is 0 Å². The van der Waals surface area contributed by atoms with Gasteiger partial charge in [-0.05, 0) is 11.4 Å². The lowest BCUT2D eigenvalue weighted by Crippen LogP contribution is -2.35. The highest BCUT2D eigenvalue weighted by Gasteiger charge is 2.17. The van der Waals surface area contributed by atoms with Gasteiger partial charge in [-0.15, -0.1) is 11.3 Å². The van der Waals surface area contributed by atoms with Crippen molar-refractivity contribution in [1.82, 2.24) is 4.90 Å². The Labute approximate surface area is 103 Å². The van der Waals surface area contributed by atoms with Crippen LogP contribution in [0.5, 0.6) is 0 Å². The van der Waals surface area contributed by atoms with Gasteiger partial charge in [-0.1, -0.05) is 11.8 Å². The number of nitrogens with zero attached hydrogens (tertiary/aromatic N) is 1. The molecule has 0 aliphatic carbocycles. The van der Waals surface area contributed by atoms with Crippen LogP contribution in [-0.4, -0.2) is 42.0 Å². The highest BCUT2D eigenvalue weighted by Crippen LogP contribution is 2.17. The summed E-state index contributed by atoms with van der Waals surface area (Å²) in [4.78, 5) is 24.3. The Balaban J connectivity index is 2.89. The van der Waals surface area contributed by atoms with Gasteiger partial charge in [-0.25, -0.2) is 0 Å². The molecule has 0 radical (unpaired) electrons. The van der Waals surface area contributed by atoms with Crippen molar-refractivity contribution in [2.45, 2.75) is 0 Å². The molecule has 1 aromatic rings. The standard InChI is InChI=1S/C11H12N2O3S/c1-13(7-9(12)15)11(16)10-8(3-2-5-14)4-6-17-10/h4,6,14H,5,7H2,1H3,(H2,12,15). The Hall–Kier alpha value is -1.84. The second-order valence-corrected chi connectivity index (χ2v) is 4.17. The number of hydrogen-bond donors (Lipinski definition) is 2. The summed E-state index contributed by atoms with van der Waals surface area (Å²) >= 11 is 1.24. The number of aliphatic hydroxyl groups is 1. The van der Waals surface area contributed by atoms with E-state index in [1.165, 1.54) is 23.3 Å². The van der Waals surface area contributed by atoms with Gasteiger partial charge in [0.25, 0.3) is 5.91 Å². The van der Waals surface area contributed by atoms with Gasteiger partial charge in [0, 0.05) is 12.6 Å². The average molecular weight is 252 g/mol. The van der Waals surface area contributed by atoms with E-state index in [1.807, 2.05) is 0 Å². The van der Waals surface area contributed by atoms with E-state index in [2.05, 4.69) is 11.8 Å². The first kappa shape index (κ1) is 13.2. The summed E-state index contributed by atoms with van der Waals surface area (Å²) in [7, 11) is 1.50. The number of likely N-dealkylation sites (N-methyl/N-ethyl adjacent to an activating group) is 1. The first-order valence-electron chi connectivity index (χ1n) is 4.77. The van der Waals surface area contributed by atoms with Gasteiger partial charge in [0.05, 0.1) is 6.54 Å². The lowest BCUT2D eigenvalue weighted by Gasteiger charge is -2.13. The third-order valence-corrected chi connectivity index (χ3v) is 2.80. The summed E-state index contributed by atoms with van der Waals surface area (Å²) in [6.45, 7) is -0.399. The molecule has 0 fully saturated rings. The van der Waals surface area contributed by atoms with E-state index in [1.54, 1.807) is 11.4 Å². The molecule has 0 aliphatic rings. The van der Waals surface area contributed by atoms with Crippen LogP contribution in [0.25, 0.3) is 0 Å². The number of rotatable bonds is 3. The van der Waals surface area contributed by atoms with E-state index in [-0.39, 0.29) is 19.1 Å². The summed E-state index contributed by atoms with van der Waals surface area (Å²) in [6, 6.07) is 1.69. The topological polar surface area (TPSA) is 83.6 Å². The minimum Gasteiger partial charge on any atom is -0.384 e. The maximum absolute atomic E-state index is 11.9. The van der Waals surface area contributed by atoms with Crippen LogP contribution in [-0.2, 0) is 4.79 Å². The molecule has 0 aliphatic heterocycles. The molecule has 0 saturated carbocycles. The summed E-state index contributed by atoms with van der Waals surface area (Å²) in [6.07, 6.45) is 0. The molecular formula is C11H12N2O3S. The molecule has 0 bridgehead atoms. The molecule has 1 rings (SSSR count). The van der Waals surface area contributed by atoms with Crippen molar-refractivity contribution in [2.75, 3.05) is 20.2 Å². The number of primary amides is 1. The van der Waals surface area contributed by atoms with E-state index in [0.717, 1.165) is 0 Å². The third kappa shape index (κ3) is 3.59. The second-order valence-electron chi connectivity index (χ2n) is 3.25. The molecule has 6 heteroatoms. The van der Waals surface area contributed by atoms with Crippen molar-refractivity contribution in [2.24, 2.45) is 5.73 Å². The van der Waals surface area contributed by atoms with Crippen LogP contribution in [0.1, 0.15) is 15.2 Å². The van der Waals surface area contributed by atoms with Crippen LogP contribution in [0.15, 0.2) is 11.4 Å². The lowest BCUT2D eigenvalue weighted by molar-refractivity contribution is -0.118. The van der Waals surface area contributed by atoms with Crippen LogP contribution in [0.3, 0.4) is 0 Å². The molecule has 1 aromatic heterocycles. The van der Waals surface area contributed by atoms with Crippen molar-refractivity contribution in [3.8, 4) is 11.8 Å². The molecular weight excluding hydrogens is 240 g/mol. The van der Waals surface area contributed by atoms with Crippen LogP contribution >= 0.6 is 11.3 Å². The molecule has 0 saturated heterocycles. The molecule has 0 spiro atoms. The SMILES string of the molecule is CN(CC(N)=O)C(=O)c1sccc1C#CCO. The van der Waals surface area contributed by atoms with Gasteiger partial charge < -0.3 is 15.7 Å². The maximum atomic E-state index is 11.9. The first-order valence-corrected chi connectivity index (χ1v) is 5.65. The van der Waals surface area contributed by atoms with E-state index >= 15 is 0 Å². The fourth-order valence-corrected chi connectivity index (χ4v) is 2.03. The Morgan fingerprint density at radius 3 is 2.88 bits per heavy atom. The van der Waals surface area contributed by atoms with Crippen LogP contribution in [0.4, 0.5) is 0 Å². The van der Waals surface area contributed by atoms with Gasteiger partial charge in [0.15, 0.2) is 0 Å². The fourth-order valence-electron chi connectivity index (χ4n) is 1.19. The zero-order chi connectivity index (χ0) is 12.8. The van der Waals surface area contributed by atoms with Crippen LogP contribution in [0.2, 0.25) is 0 Å². The van der Waals surface area contributed by atoms with Gasteiger partial charge >= 0.3 is 0 Å². The Bertz CT molecular complexity index is 484. The number of hydrogen-bond acceptors (Lipinski definition) is 4. The second kappa shape index (κ2) is 6.03. The molecule has 0 aromatic carbocycles. The van der Waals surface area contributed by atoms with Crippen molar-refractivity contribution in [3.05, 3.63) is 21.9 Å². The summed E-state index contributed by atoms with van der Waals surface area (Å²) in [5, 5.41) is 10.3. The maximum Gasteiger partial charge on any atom is 0.265 e. The normalized spacial score (nSPS) is 9.29. The molecule has 90 valence electrons. The van der Waals surface area contributed by atoms with Crippen LogP contribution in [0, 0.1) is 11.8 Å². The Kier molecular flexibility index (Phi) is 4.69. The fraction of sp³-hybridized carbons (Fsp3) is 0.273. The largest absolute Gasteiger partial charge is 0.384 e. The monoisotopic (exact) mass is 252 g/mol. The number of amides is 2. The van der Waals surface area contributed by atoms with Gasteiger partial charge in [0.1, 0.15) is 11.5 Å². The Morgan fingerprint density at radius 2 is 2.29 bits per heavy atom. The quantitative estimate of drug-likeness (QED) is 0.721. The van der Waals surface area contributed by atoms with Crippen molar-refractivity contribution < 1.29 is 14.7 Å². The Morgan fingerprint density at radius 1 is 1.59 bits per heavy atom. The molecule has 17 heavy (non-hydrogen) atoms. The predicted octanol–water partition coefficient (Wildman–Crippen LogP) is -0.351. The van der Waals surface area contributed by atoms with Gasteiger partial charge in [-0.3, -0.25) is 9.59 Å². The van der Waals surface area contributed by atoms with Gasteiger partial charge in [-0.2, -0.15) is 0 Å². The number of thiophene rings is 1. The highest BCUT2D eigenvalue weighted by molar-refractivity contribution is 7.12. The van der Waals surface area contributed by atoms with Crippen molar-refractivity contribution >= 4 is 23.2 Å². The molecule has 2 amide bonds. The van der Waals surface area contributed by atoms with Crippen molar-refractivity contribution in [1.29, 1.82) is 0 Å². The van der Waals surface area contributed by atoms with Crippen LogP contribution < -0.4 is 5.73 Å². The highest BCUT2D eigenvalue weighted by atomic mass is 32.1. The first-order chi connectivity index (χ1) is 8.06. The van der Waals surface area contributed by atoms with E-state index < -0.39 is 5.91 Å². The van der Waals surface area contributed by atoms with Gasteiger partial charge in [0.2, 0.25) is 5.91 Å². The number of carbonyl (C=O) groups is 2. The van der Waals surface area contributed by atoms with E-state index in [9.17, 15) is 9.59 Å². The third-order valence-electron chi connectivity index (χ3n) is 1.90. The summed E-state index contributed by atoms with van der Waals surface area (Å²) in [5.41, 5.74) is 5.56. The molecule has 0 unspecified atom stereocenters. The molecule has 1 heterocycles. The molecule has 0 atom stereocenters.